The van der Waals surface area contributed by atoms with Crippen molar-refractivity contribution >= 4 is 11.7 Å². The fourth-order valence-electron chi connectivity index (χ4n) is 3.40. The molecule has 0 spiro atoms. The van der Waals surface area contributed by atoms with Gasteiger partial charge in [0.1, 0.15) is 0 Å². The Balaban J connectivity index is 1.62. The highest BCUT2D eigenvalue weighted by Crippen LogP contribution is 2.27. The molecule has 6 nitrogen and oxygen atoms in total. The zero-order chi connectivity index (χ0) is 21.9. The van der Waals surface area contributed by atoms with Crippen molar-refractivity contribution in [3.8, 4) is 0 Å². The predicted octanol–water partition coefficient (Wildman–Crippen LogP) is 3.78. The quantitative estimate of drug-likeness (QED) is 0.585. The first-order chi connectivity index (χ1) is 14.2. The Morgan fingerprint density at radius 2 is 1.80 bits per heavy atom. The molecule has 0 saturated carbocycles. The van der Waals surface area contributed by atoms with Crippen molar-refractivity contribution in [1.29, 1.82) is 0 Å². The Bertz CT molecular complexity index is 1030. The molecule has 0 aliphatic heterocycles. The van der Waals surface area contributed by atoms with Gasteiger partial charge in [-0.15, -0.1) is 5.10 Å². The molecule has 0 unspecified atom stereocenters. The number of halogens is 3. The summed E-state index contributed by atoms with van der Waals surface area (Å²) < 4.78 is 39.8. The fraction of sp³-hybridized carbons (Fsp3) is 0.429. The summed E-state index contributed by atoms with van der Waals surface area (Å²) in [5.41, 5.74) is 3.02. The molecule has 3 aromatic rings. The van der Waals surface area contributed by atoms with E-state index in [2.05, 4.69) is 27.2 Å². The van der Waals surface area contributed by atoms with Crippen molar-refractivity contribution in [3.05, 3.63) is 58.7 Å². The highest BCUT2D eigenvalue weighted by Gasteiger charge is 2.37. The van der Waals surface area contributed by atoms with Gasteiger partial charge in [0.25, 0.3) is 11.6 Å². The Labute approximate surface area is 172 Å². The monoisotopic (exact) mass is 419 g/mol. The van der Waals surface area contributed by atoms with Gasteiger partial charge < -0.3 is 4.90 Å². The van der Waals surface area contributed by atoms with Crippen LogP contribution in [0.3, 0.4) is 0 Å². The van der Waals surface area contributed by atoms with Crippen molar-refractivity contribution in [3.63, 3.8) is 0 Å². The van der Waals surface area contributed by atoms with Gasteiger partial charge in [-0.1, -0.05) is 30.3 Å². The first-order valence-corrected chi connectivity index (χ1v) is 9.74. The van der Waals surface area contributed by atoms with Crippen LogP contribution >= 0.6 is 0 Å². The van der Waals surface area contributed by atoms with Crippen LogP contribution in [0.5, 0.6) is 0 Å². The average Bonchev–Trinajstić information content (AvgIpc) is 3.13. The van der Waals surface area contributed by atoms with Gasteiger partial charge in [-0.3, -0.25) is 4.79 Å². The first kappa shape index (κ1) is 21.7. The van der Waals surface area contributed by atoms with Crippen molar-refractivity contribution in [2.45, 2.75) is 45.7 Å². The van der Waals surface area contributed by atoms with E-state index in [1.54, 1.807) is 25.8 Å². The molecule has 0 saturated heterocycles. The smallest absolute Gasteiger partial charge is 0.346 e. The Morgan fingerprint density at radius 1 is 1.10 bits per heavy atom. The summed E-state index contributed by atoms with van der Waals surface area (Å²) in [6, 6.07) is 10.1. The van der Waals surface area contributed by atoms with Gasteiger partial charge in [0.05, 0.1) is 0 Å². The number of aryl methyl sites for hydroxylation is 3. The number of aromatic nitrogens is 4. The van der Waals surface area contributed by atoms with Crippen LogP contribution in [0.1, 0.15) is 41.2 Å². The van der Waals surface area contributed by atoms with Gasteiger partial charge in [0, 0.05) is 31.4 Å². The molecule has 2 heterocycles. The number of hydrogen-bond donors (Lipinski definition) is 0. The molecule has 0 aliphatic carbocycles. The molecule has 0 atom stereocenters. The summed E-state index contributed by atoms with van der Waals surface area (Å²) in [5, 5.41) is 3.54. The van der Waals surface area contributed by atoms with Crippen molar-refractivity contribution in [2.75, 3.05) is 13.6 Å². The van der Waals surface area contributed by atoms with Gasteiger partial charge in [0.2, 0.25) is 5.91 Å². The summed E-state index contributed by atoms with van der Waals surface area (Å²) in [6.45, 7) is 4.01. The number of nitrogens with zero attached hydrogens (tertiary/aromatic N) is 5. The third-order valence-corrected chi connectivity index (χ3v) is 5.12. The molecule has 0 aliphatic rings. The molecule has 3 rings (SSSR count). The maximum Gasteiger partial charge on any atom is 0.453 e. The standard InChI is InChI=1S/C21H24F3N5O/c1-14-17(15(2)29-20(25-14)26-19(27-29)21(22,23)24)11-12-18(30)28(3)13-7-10-16-8-5-4-6-9-16/h4-6,8-9H,7,10-13H2,1-3H3. The van der Waals surface area contributed by atoms with Crippen molar-refractivity contribution in [1.82, 2.24) is 24.5 Å². The molecule has 0 radical (unpaired) electrons. The van der Waals surface area contributed by atoms with Crippen LogP contribution in [0.4, 0.5) is 13.2 Å². The van der Waals surface area contributed by atoms with Crippen molar-refractivity contribution in [2.24, 2.45) is 0 Å². The van der Waals surface area contributed by atoms with Gasteiger partial charge in [-0.05, 0) is 44.2 Å². The second-order valence-corrected chi connectivity index (χ2v) is 7.31. The Hall–Kier alpha value is -2.97. The molecule has 1 aromatic carbocycles. The van der Waals surface area contributed by atoms with Crippen LogP contribution in [0.2, 0.25) is 0 Å². The second kappa shape index (κ2) is 8.81. The minimum absolute atomic E-state index is 0.0171. The van der Waals surface area contributed by atoms with E-state index < -0.39 is 12.0 Å². The van der Waals surface area contributed by atoms with E-state index >= 15 is 0 Å². The number of carbonyl (C=O) groups is 1. The number of hydrogen-bond acceptors (Lipinski definition) is 4. The highest BCUT2D eigenvalue weighted by molar-refractivity contribution is 5.76. The second-order valence-electron chi connectivity index (χ2n) is 7.31. The van der Waals surface area contributed by atoms with Crippen LogP contribution in [-0.4, -0.2) is 44.0 Å². The molecule has 160 valence electrons. The molecule has 0 fully saturated rings. The van der Waals surface area contributed by atoms with Crippen LogP contribution in [0, 0.1) is 13.8 Å². The van der Waals surface area contributed by atoms with Gasteiger partial charge >= 0.3 is 6.18 Å². The summed E-state index contributed by atoms with van der Waals surface area (Å²) >= 11 is 0. The predicted molar refractivity (Wildman–Crippen MR) is 106 cm³/mol. The lowest BCUT2D eigenvalue weighted by Gasteiger charge is -2.18. The van der Waals surface area contributed by atoms with Gasteiger partial charge in [0.15, 0.2) is 0 Å². The molecule has 2 aromatic heterocycles. The first-order valence-electron chi connectivity index (χ1n) is 9.74. The van der Waals surface area contributed by atoms with Crippen LogP contribution < -0.4 is 0 Å². The van der Waals surface area contributed by atoms with Crippen LogP contribution in [-0.2, 0) is 23.8 Å². The normalized spacial score (nSPS) is 11.8. The SMILES string of the molecule is Cc1nc2nc(C(F)(F)F)nn2c(C)c1CCC(=O)N(C)CCCc1ccccc1. The van der Waals surface area contributed by atoms with Crippen molar-refractivity contribution < 1.29 is 18.0 Å². The molecule has 9 heteroatoms. The van der Waals surface area contributed by atoms with E-state index in [9.17, 15) is 18.0 Å². The van der Waals surface area contributed by atoms with E-state index in [-0.39, 0.29) is 18.1 Å². The lowest BCUT2D eigenvalue weighted by atomic mass is 10.1. The molecule has 1 amide bonds. The highest BCUT2D eigenvalue weighted by atomic mass is 19.4. The van der Waals surface area contributed by atoms with E-state index in [1.807, 2.05) is 18.2 Å². The lowest BCUT2D eigenvalue weighted by molar-refractivity contribution is -0.144. The maximum atomic E-state index is 12.9. The number of carbonyl (C=O) groups excluding carboxylic acids is 1. The summed E-state index contributed by atoms with van der Waals surface area (Å²) in [7, 11) is 1.77. The molecular weight excluding hydrogens is 395 g/mol. The molecule has 0 bridgehead atoms. The van der Waals surface area contributed by atoms with E-state index in [4.69, 9.17) is 0 Å². The average molecular weight is 419 g/mol. The van der Waals surface area contributed by atoms with Gasteiger partial charge in [-0.2, -0.15) is 18.2 Å². The Morgan fingerprint density at radius 3 is 2.47 bits per heavy atom. The molecule has 0 N–H and O–H groups in total. The van der Waals surface area contributed by atoms with E-state index in [1.165, 1.54) is 5.56 Å². The lowest BCUT2D eigenvalue weighted by Crippen LogP contribution is -2.28. The van der Waals surface area contributed by atoms with Gasteiger partial charge in [-0.25, -0.2) is 9.50 Å². The number of alkyl halides is 3. The zero-order valence-corrected chi connectivity index (χ0v) is 17.2. The van der Waals surface area contributed by atoms with E-state index in [0.717, 1.165) is 17.4 Å². The fourth-order valence-corrected chi connectivity index (χ4v) is 3.40. The molecule has 30 heavy (non-hydrogen) atoms. The van der Waals surface area contributed by atoms with E-state index in [0.29, 0.717) is 29.9 Å². The van der Waals surface area contributed by atoms with Crippen LogP contribution in [0.25, 0.3) is 5.78 Å². The number of amides is 1. The molecular formula is C21H24F3N5O. The summed E-state index contributed by atoms with van der Waals surface area (Å²) in [4.78, 5) is 21.8. The summed E-state index contributed by atoms with van der Waals surface area (Å²) in [6.07, 6.45) is -2.25. The number of rotatable bonds is 7. The number of fused-ring (bicyclic) bond motifs is 1. The largest absolute Gasteiger partial charge is 0.453 e. The summed E-state index contributed by atoms with van der Waals surface area (Å²) in [5.74, 6) is -1.33. The van der Waals surface area contributed by atoms with Crippen LogP contribution in [0.15, 0.2) is 30.3 Å². The number of benzene rings is 1. The Kier molecular flexibility index (Phi) is 6.38. The minimum Gasteiger partial charge on any atom is -0.346 e. The third-order valence-electron chi connectivity index (χ3n) is 5.12. The topological polar surface area (TPSA) is 63.4 Å². The minimum atomic E-state index is -4.63. The maximum absolute atomic E-state index is 12.9. The zero-order valence-electron chi connectivity index (χ0n) is 17.2. The third kappa shape index (κ3) is 4.95.